The van der Waals surface area contributed by atoms with Crippen molar-refractivity contribution in [2.75, 3.05) is 11.9 Å². The highest BCUT2D eigenvalue weighted by molar-refractivity contribution is 5.98. The van der Waals surface area contributed by atoms with Crippen LogP contribution >= 0.6 is 0 Å². The van der Waals surface area contributed by atoms with Crippen LogP contribution in [0.2, 0.25) is 0 Å². The summed E-state index contributed by atoms with van der Waals surface area (Å²) in [6.07, 6.45) is 5.79. The molecule has 4 N–H and O–H groups in total. The van der Waals surface area contributed by atoms with Gasteiger partial charge in [-0.25, -0.2) is 9.97 Å². The van der Waals surface area contributed by atoms with Gasteiger partial charge in [0.05, 0.1) is 24.3 Å². The number of hydrogen-bond acceptors (Lipinski definition) is 6. The minimum Gasteiger partial charge on any atom is -0.394 e. The third kappa shape index (κ3) is 4.97. The summed E-state index contributed by atoms with van der Waals surface area (Å²) in [7, 11) is 0. The zero-order valence-electron chi connectivity index (χ0n) is 16.6. The molecule has 0 bridgehead atoms. The Balaban J connectivity index is 1.73. The highest BCUT2D eigenvalue weighted by Gasteiger charge is 2.21. The summed E-state index contributed by atoms with van der Waals surface area (Å²) in [6.45, 7) is 3.96. The number of anilines is 1. The van der Waals surface area contributed by atoms with Crippen molar-refractivity contribution in [1.29, 1.82) is 0 Å². The molecule has 3 rings (SSSR count). The summed E-state index contributed by atoms with van der Waals surface area (Å²) in [5.41, 5.74) is 1.21. The van der Waals surface area contributed by atoms with Crippen LogP contribution in [0.15, 0.2) is 24.4 Å². The average molecular weight is 386 g/mol. The number of benzene rings is 1. The first-order valence-corrected chi connectivity index (χ1v) is 10.1. The highest BCUT2D eigenvalue weighted by atomic mass is 16.3. The fraction of sp³-hybridized carbons (Fsp3) is 0.571. The number of carbonyl (C=O) groups excluding carboxylic acids is 1. The van der Waals surface area contributed by atoms with Crippen LogP contribution < -0.4 is 10.6 Å². The van der Waals surface area contributed by atoms with Crippen molar-refractivity contribution in [2.45, 2.75) is 64.1 Å². The Morgan fingerprint density at radius 2 is 2.04 bits per heavy atom. The minimum atomic E-state index is -0.266. The summed E-state index contributed by atoms with van der Waals surface area (Å²) < 4.78 is 0. The van der Waals surface area contributed by atoms with Crippen molar-refractivity contribution in [3.63, 3.8) is 0 Å². The summed E-state index contributed by atoms with van der Waals surface area (Å²) in [5, 5.41) is 26.3. The van der Waals surface area contributed by atoms with Crippen LogP contribution in [-0.2, 0) is 0 Å². The Morgan fingerprint density at radius 3 is 2.71 bits per heavy atom. The summed E-state index contributed by atoms with van der Waals surface area (Å²) in [4.78, 5) is 21.5. The van der Waals surface area contributed by atoms with Gasteiger partial charge in [0, 0.05) is 23.2 Å². The van der Waals surface area contributed by atoms with Crippen LogP contribution in [0.3, 0.4) is 0 Å². The highest BCUT2D eigenvalue weighted by Crippen LogP contribution is 2.22. The molecule has 0 radical (unpaired) electrons. The third-order valence-corrected chi connectivity index (χ3v) is 5.72. The number of aromatic nitrogens is 2. The van der Waals surface area contributed by atoms with Gasteiger partial charge in [-0.15, -0.1) is 0 Å². The molecule has 0 saturated heterocycles. The smallest absolute Gasteiger partial charge is 0.251 e. The van der Waals surface area contributed by atoms with Crippen molar-refractivity contribution in [3.8, 4) is 0 Å². The van der Waals surface area contributed by atoms with E-state index in [4.69, 9.17) is 0 Å². The van der Waals surface area contributed by atoms with Crippen LogP contribution in [0.4, 0.5) is 5.95 Å². The fourth-order valence-electron chi connectivity index (χ4n) is 3.54. The van der Waals surface area contributed by atoms with Crippen LogP contribution in [-0.4, -0.2) is 50.9 Å². The van der Waals surface area contributed by atoms with Gasteiger partial charge in [-0.1, -0.05) is 26.3 Å². The van der Waals surface area contributed by atoms with Gasteiger partial charge >= 0.3 is 0 Å². The lowest BCUT2D eigenvalue weighted by Crippen LogP contribution is -2.41. The second kappa shape index (κ2) is 9.30. The topological polar surface area (TPSA) is 107 Å². The molecule has 1 aromatic heterocycles. The molecule has 1 heterocycles. The molecule has 28 heavy (non-hydrogen) atoms. The van der Waals surface area contributed by atoms with E-state index in [0.29, 0.717) is 17.0 Å². The molecular formula is C21H30N4O3. The monoisotopic (exact) mass is 386 g/mol. The molecule has 7 heteroatoms. The molecule has 1 amide bonds. The molecular weight excluding hydrogens is 356 g/mol. The zero-order valence-corrected chi connectivity index (χ0v) is 16.6. The summed E-state index contributed by atoms with van der Waals surface area (Å²) >= 11 is 0. The fourth-order valence-corrected chi connectivity index (χ4v) is 3.54. The Morgan fingerprint density at radius 1 is 1.29 bits per heavy atom. The third-order valence-electron chi connectivity index (χ3n) is 5.72. The lowest BCUT2D eigenvalue weighted by atomic mass is 9.93. The summed E-state index contributed by atoms with van der Waals surface area (Å²) in [6, 6.07) is 5.34. The van der Waals surface area contributed by atoms with Crippen molar-refractivity contribution in [3.05, 3.63) is 30.0 Å². The van der Waals surface area contributed by atoms with E-state index in [1.807, 2.05) is 19.9 Å². The Hall–Kier alpha value is -2.25. The molecule has 0 aliphatic heterocycles. The number of nitrogens with zero attached hydrogens (tertiary/aromatic N) is 2. The second-order valence-electron chi connectivity index (χ2n) is 7.77. The van der Waals surface area contributed by atoms with E-state index in [2.05, 4.69) is 20.6 Å². The number of amides is 1. The predicted octanol–water partition coefficient (Wildman–Crippen LogP) is 2.48. The van der Waals surface area contributed by atoms with E-state index >= 15 is 0 Å². The van der Waals surface area contributed by atoms with E-state index in [0.717, 1.165) is 37.5 Å². The number of rotatable bonds is 7. The Kier molecular flexibility index (Phi) is 6.80. The first-order chi connectivity index (χ1) is 13.5. The van der Waals surface area contributed by atoms with Crippen molar-refractivity contribution in [1.82, 2.24) is 15.3 Å². The predicted molar refractivity (Wildman–Crippen MR) is 109 cm³/mol. The van der Waals surface area contributed by atoms with Gasteiger partial charge in [-0.05, 0) is 43.7 Å². The SMILES string of the molecule is CC[C@H](C)[C@@H](CO)NC(=O)c1ccc2cnc(NC3CCC(O)CC3)nc2c1. The minimum absolute atomic E-state index is 0.0827. The number of hydrogen-bond donors (Lipinski definition) is 4. The first-order valence-electron chi connectivity index (χ1n) is 10.1. The Labute approximate surface area is 165 Å². The lowest BCUT2D eigenvalue weighted by molar-refractivity contribution is 0.0891. The molecule has 1 saturated carbocycles. The van der Waals surface area contributed by atoms with Gasteiger partial charge in [0.25, 0.3) is 5.91 Å². The van der Waals surface area contributed by atoms with Crippen molar-refractivity contribution >= 4 is 22.8 Å². The van der Waals surface area contributed by atoms with E-state index < -0.39 is 0 Å². The van der Waals surface area contributed by atoms with Crippen molar-refractivity contribution < 1.29 is 15.0 Å². The molecule has 2 aromatic rings. The number of fused-ring (bicyclic) bond motifs is 1. The van der Waals surface area contributed by atoms with Crippen LogP contribution in [0.5, 0.6) is 0 Å². The number of aliphatic hydroxyl groups is 2. The maximum absolute atomic E-state index is 12.6. The van der Waals surface area contributed by atoms with E-state index in [9.17, 15) is 15.0 Å². The molecule has 0 unspecified atom stereocenters. The second-order valence-corrected chi connectivity index (χ2v) is 7.77. The van der Waals surface area contributed by atoms with Gasteiger partial charge in [0.1, 0.15) is 0 Å². The summed E-state index contributed by atoms with van der Waals surface area (Å²) in [5.74, 6) is 0.525. The van der Waals surface area contributed by atoms with E-state index in [1.165, 1.54) is 0 Å². The van der Waals surface area contributed by atoms with Crippen LogP contribution in [0.1, 0.15) is 56.3 Å². The molecule has 1 aliphatic rings. The van der Waals surface area contributed by atoms with Crippen LogP contribution in [0.25, 0.3) is 10.9 Å². The normalized spacial score (nSPS) is 21.9. The van der Waals surface area contributed by atoms with Gasteiger partial charge < -0.3 is 20.8 Å². The Bertz CT molecular complexity index is 805. The van der Waals surface area contributed by atoms with Gasteiger partial charge in [-0.3, -0.25) is 4.79 Å². The van der Waals surface area contributed by atoms with Gasteiger partial charge in [0.15, 0.2) is 0 Å². The maximum atomic E-state index is 12.6. The molecule has 2 atom stereocenters. The maximum Gasteiger partial charge on any atom is 0.251 e. The molecule has 1 aromatic carbocycles. The standard InChI is InChI=1S/C21H30N4O3/c1-3-13(2)19(12-26)24-20(28)14-4-5-15-11-22-21(25-18(15)10-14)23-16-6-8-17(27)9-7-16/h4-5,10-11,13,16-17,19,26-27H,3,6-9,12H2,1-2H3,(H,24,28)(H,22,23,25)/t13-,16?,17?,19+/m0/s1. The zero-order chi connectivity index (χ0) is 20.1. The van der Waals surface area contributed by atoms with E-state index in [-0.39, 0.29) is 36.6 Å². The molecule has 152 valence electrons. The van der Waals surface area contributed by atoms with Crippen molar-refractivity contribution in [2.24, 2.45) is 5.92 Å². The number of aliphatic hydroxyl groups excluding tert-OH is 2. The molecule has 7 nitrogen and oxygen atoms in total. The van der Waals surface area contributed by atoms with Gasteiger partial charge in [0.2, 0.25) is 5.95 Å². The average Bonchev–Trinajstić information content (AvgIpc) is 2.72. The largest absolute Gasteiger partial charge is 0.394 e. The number of carbonyl (C=O) groups is 1. The van der Waals surface area contributed by atoms with Gasteiger partial charge in [-0.2, -0.15) is 0 Å². The van der Waals surface area contributed by atoms with E-state index in [1.54, 1.807) is 18.3 Å². The van der Waals surface area contributed by atoms with Crippen LogP contribution in [0, 0.1) is 5.92 Å². The number of nitrogens with one attached hydrogen (secondary N) is 2. The lowest BCUT2D eigenvalue weighted by Gasteiger charge is -2.26. The first kappa shape index (κ1) is 20.5. The quantitative estimate of drug-likeness (QED) is 0.582. The molecule has 1 fully saturated rings. The molecule has 0 spiro atoms. The molecule has 1 aliphatic carbocycles.